The molecule has 0 aliphatic carbocycles. The van der Waals surface area contributed by atoms with E-state index in [2.05, 4.69) is 20.4 Å². The molecule has 23 heavy (non-hydrogen) atoms. The van der Waals surface area contributed by atoms with Crippen molar-refractivity contribution in [1.82, 2.24) is 10.2 Å². The summed E-state index contributed by atoms with van der Waals surface area (Å²) in [6, 6.07) is 14.7. The van der Waals surface area contributed by atoms with Gasteiger partial charge >= 0.3 is 0 Å². The standard InChI is InChI=1S/C16H12N4O3/c21-16-15(14(18-20-16)10-4-2-1-3-5-10)19-17-11-6-7-12-13(8-11)23-9-22-12/h1-8H,9H2,(H2,18,20,21). The zero-order chi connectivity index (χ0) is 15.6. The van der Waals surface area contributed by atoms with Crippen LogP contribution in [0.4, 0.5) is 11.4 Å². The second-order valence-corrected chi connectivity index (χ2v) is 4.91. The van der Waals surface area contributed by atoms with E-state index in [1.165, 1.54) is 0 Å². The van der Waals surface area contributed by atoms with E-state index in [0.717, 1.165) is 5.56 Å². The quantitative estimate of drug-likeness (QED) is 0.725. The molecule has 0 unspecified atom stereocenters. The van der Waals surface area contributed by atoms with Crippen molar-refractivity contribution >= 4 is 11.4 Å². The van der Waals surface area contributed by atoms with E-state index in [4.69, 9.17) is 9.47 Å². The van der Waals surface area contributed by atoms with Gasteiger partial charge < -0.3 is 9.47 Å². The lowest BCUT2D eigenvalue weighted by molar-refractivity contribution is 0.174. The first-order valence-corrected chi connectivity index (χ1v) is 6.99. The molecule has 7 nitrogen and oxygen atoms in total. The van der Waals surface area contributed by atoms with Crippen molar-refractivity contribution in [3.05, 3.63) is 58.9 Å². The second kappa shape index (κ2) is 5.45. The average molecular weight is 308 g/mol. The smallest absolute Gasteiger partial charge is 0.292 e. The van der Waals surface area contributed by atoms with Gasteiger partial charge in [0, 0.05) is 11.6 Å². The van der Waals surface area contributed by atoms with Crippen molar-refractivity contribution in [1.29, 1.82) is 0 Å². The SMILES string of the molecule is O=c1[nH][nH]c(-c2ccccc2)c1N=Nc1ccc2c(c1)OCO2. The van der Waals surface area contributed by atoms with Gasteiger partial charge in [-0.05, 0) is 12.1 Å². The van der Waals surface area contributed by atoms with Gasteiger partial charge in [0.05, 0.1) is 11.4 Å². The molecule has 7 heteroatoms. The molecule has 2 heterocycles. The average Bonchev–Trinajstić information content (AvgIpc) is 3.19. The predicted octanol–water partition coefficient (Wildman–Crippen LogP) is 3.51. The molecule has 0 atom stereocenters. The van der Waals surface area contributed by atoms with Gasteiger partial charge in [-0.1, -0.05) is 30.3 Å². The van der Waals surface area contributed by atoms with Crippen LogP contribution in [0.1, 0.15) is 0 Å². The number of rotatable bonds is 3. The summed E-state index contributed by atoms with van der Waals surface area (Å²) in [5.74, 6) is 1.29. The number of hydrogen-bond acceptors (Lipinski definition) is 5. The fraction of sp³-hybridized carbons (Fsp3) is 0.0625. The molecule has 3 aromatic rings. The summed E-state index contributed by atoms with van der Waals surface area (Å²) in [6.45, 7) is 0.200. The van der Waals surface area contributed by atoms with Gasteiger partial charge in [-0.2, -0.15) is 5.11 Å². The lowest BCUT2D eigenvalue weighted by atomic mass is 10.1. The fourth-order valence-corrected chi connectivity index (χ4v) is 2.32. The Labute approximate surface area is 130 Å². The zero-order valence-electron chi connectivity index (χ0n) is 11.9. The Kier molecular flexibility index (Phi) is 3.16. The Hall–Kier alpha value is -3.35. The summed E-state index contributed by atoms with van der Waals surface area (Å²) in [5, 5.41) is 13.6. The fourth-order valence-electron chi connectivity index (χ4n) is 2.32. The lowest BCUT2D eigenvalue weighted by Crippen LogP contribution is -1.96. The van der Waals surface area contributed by atoms with E-state index < -0.39 is 0 Å². The van der Waals surface area contributed by atoms with Gasteiger partial charge in [0.1, 0.15) is 0 Å². The minimum absolute atomic E-state index is 0.200. The van der Waals surface area contributed by atoms with Crippen LogP contribution in [0.25, 0.3) is 11.3 Å². The highest BCUT2D eigenvalue weighted by Gasteiger charge is 2.14. The summed E-state index contributed by atoms with van der Waals surface area (Å²) in [4.78, 5) is 11.9. The number of benzene rings is 2. The molecular formula is C16H12N4O3. The van der Waals surface area contributed by atoms with Gasteiger partial charge in [0.25, 0.3) is 5.56 Å². The second-order valence-electron chi connectivity index (χ2n) is 4.91. The number of azo groups is 1. The van der Waals surface area contributed by atoms with E-state index in [9.17, 15) is 4.79 Å². The van der Waals surface area contributed by atoms with Crippen LogP contribution in [0, 0.1) is 0 Å². The molecule has 0 fully saturated rings. The largest absolute Gasteiger partial charge is 0.454 e. The van der Waals surface area contributed by atoms with Crippen molar-refractivity contribution in [2.45, 2.75) is 0 Å². The molecular weight excluding hydrogens is 296 g/mol. The van der Waals surface area contributed by atoms with Gasteiger partial charge in [-0.25, -0.2) is 0 Å². The number of hydrogen-bond donors (Lipinski definition) is 2. The van der Waals surface area contributed by atoms with Crippen molar-refractivity contribution in [2.75, 3.05) is 6.79 Å². The Balaban J connectivity index is 1.69. The minimum Gasteiger partial charge on any atom is -0.454 e. The van der Waals surface area contributed by atoms with Gasteiger partial charge in [-0.15, -0.1) is 5.11 Å². The third-order valence-electron chi connectivity index (χ3n) is 3.44. The van der Waals surface area contributed by atoms with E-state index >= 15 is 0 Å². The Morgan fingerprint density at radius 1 is 0.913 bits per heavy atom. The number of fused-ring (bicyclic) bond motifs is 1. The van der Waals surface area contributed by atoms with Crippen LogP contribution in [0.5, 0.6) is 11.5 Å². The highest BCUT2D eigenvalue weighted by atomic mass is 16.7. The molecule has 0 amide bonds. The van der Waals surface area contributed by atoms with E-state index in [1.54, 1.807) is 18.2 Å². The molecule has 4 rings (SSSR count). The molecule has 0 saturated carbocycles. The zero-order valence-corrected chi connectivity index (χ0v) is 11.9. The highest BCUT2D eigenvalue weighted by Crippen LogP contribution is 2.36. The number of nitrogens with zero attached hydrogens (tertiary/aromatic N) is 2. The summed E-state index contributed by atoms with van der Waals surface area (Å²) in [6.07, 6.45) is 0. The van der Waals surface area contributed by atoms with Crippen molar-refractivity contribution in [3.63, 3.8) is 0 Å². The molecule has 2 aromatic carbocycles. The monoisotopic (exact) mass is 308 g/mol. The van der Waals surface area contributed by atoms with Crippen molar-refractivity contribution in [2.24, 2.45) is 10.2 Å². The van der Waals surface area contributed by atoms with Gasteiger partial charge in [0.2, 0.25) is 6.79 Å². The molecule has 0 bridgehead atoms. The van der Waals surface area contributed by atoms with Crippen LogP contribution in [-0.4, -0.2) is 17.0 Å². The third-order valence-corrected chi connectivity index (χ3v) is 3.44. The Morgan fingerprint density at radius 2 is 1.74 bits per heavy atom. The summed E-state index contributed by atoms with van der Waals surface area (Å²) in [5.41, 5.74) is 1.93. The molecule has 1 aliphatic heterocycles. The van der Waals surface area contributed by atoms with Gasteiger partial charge in [-0.3, -0.25) is 15.0 Å². The molecule has 0 spiro atoms. The molecule has 1 aromatic heterocycles. The lowest BCUT2D eigenvalue weighted by Gasteiger charge is -1.98. The Morgan fingerprint density at radius 3 is 2.61 bits per heavy atom. The van der Waals surface area contributed by atoms with Crippen molar-refractivity contribution in [3.8, 4) is 22.8 Å². The first-order chi connectivity index (χ1) is 11.3. The number of aromatic amines is 2. The van der Waals surface area contributed by atoms with Crippen LogP contribution in [0.2, 0.25) is 0 Å². The number of ether oxygens (including phenoxy) is 2. The number of nitrogens with one attached hydrogen (secondary N) is 2. The van der Waals surface area contributed by atoms with E-state index in [0.29, 0.717) is 22.9 Å². The van der Waals surface area contributed by atoms with Gasteiger partial charge in [0.15, 0.2) is 17.2 Å². The number of aromatic nitrogens is 2. The number of H-pyrrole nitrogens is 2. The minimum atomic E-state index is -0.326. The van der Waals surface area contributed by atoms with Crippen LogP contribution in [0.3, 0.4) is 0 Å². The topological polar surface area (TPSA) is 91.8 Å². The van der Waals surface area contributed by atoms with Crippen LogP contribution >= 0.6 is 0 Å². The summed E-state index contributed by atoms with van der Waals surface area (Å²) in [7, 11) is 0. The van der Waals surface area contributed by atoms with Crippen molar-refractivity contribution < 1.29 is 9.47 Å². The molecule has 2 N–H and O–H groups in total. The first kappa shape index (κ1) is 13.3. The van der Waals surface area contributed by atoms with Crippen LogP contribution in [-0.2, 0) is 0 Å². The van der Waals surface area contributed by atoms with E-state index in [1.807, 2.05) is 30.3 Å². The maximum absolute atomic E-state index is 11.9. The Bertz CT molecular complexity index is 928. The first-order valence-electron chi connectivity index (χ1n) is 6.99. The summed E-state index contributed by atoms with van der Waals surface area (Å²) >= 11 is 0. The molecule has 1 aliphatic rings. The van der Waals surface area contributed by atoms with E-state index in [-0.39, 0.29) is 18.0 Å². The highest BCUT2D eigenvalue weighted by molar-refractivity contribution is 5.71. The van der Waals surface area contributed by atoms with Crippen LogP contribution in [0.15, 0.2) is 63.6 Å². The molecule has 0 saturated heterocycles. The normalized spacial score (nSPS) is 12.9. The maximum atomic E-state index is 11.9. The summed E-state index contributed by atoms with van der Waals surface area (Å²) < 4.78 is 10.5. The molecule has 0 radical (unpaired) electrons. The molecule has 114 valence electrons. The van der Waals surface area contributed by atoms with Crippen LogP contribution < -0.4 is 15.0 Å². The maximum Gasteiger partial charge on any atom is 0.292 e. The predicted molar refractivity (Wildman–Crippen MR) is 83.6 cm³/mol. The third kappa shape index (κ3) is 2.48.